The first kappa shape index (κ1) is 21.0. The number of hydrazine groups is 1. The number of carbonyl (C=O) groups is 1. The fourth-order valence-electron chi connectivity index (χ4n) is 2.99. The quantitative estimate of drug-likeness (QED) is 0.745. The predicted octanol–water partition coefficient (Wildman–Crippen LogP) is 3.35. The first-order valence-electron chi connectivity index (χ1n) is 8.99. The maximum Gasteiger partial charge on any atom is 0.410 e. The molecule has 1 saturated heterocycles. The van der Waals surface area contributed by atoms with E-state index in [1.807, 2.05) is 39.0 Å². The number of benzene rings is 2. The summed E-state index contributed by atoms with van der Waals surface area (Å²) < 4.78 is 32.1. The lowest BCUT2D eigenvalue weighted by atomic mass is 10.1. The van der Waals surface area contributed by atoms with Crippen molar-refractivity contribution in [2.45, 2.75) is 31.3 Å². The van der Waals surface area contributed by atoms with Gasteiger partial charge in [0.2, 0.25) is 0 Å². The van der Waals surface area contributed by atoms with Gasteiger partial charge in [-0.3, -0.25) is 0 Å². The zero-order valence-corrected chi connectivity index (χ0v) is 18.5. The van der Waals surface area contributed by atoms with E-state index in [2.05, 4.69) is 20.8 Å². The molecule has 0 aromatic heterocycles. The number of nitrogens with zero attached hydrogens (tertiary/aromatic N) is 2. The summed E-state index contributed by atoms with van der Waals surface area (Å²) in [6, 6.07) is 10.7. The van der Waals surface area contributed by atoms with Crippen LogP contribution in [0, 0.1) is 0 Å². The number of fused-ring (bicyclic) bond motifs is 1. The third-order valence-corrected chi connectivity index (χ3v) is 6.20. The molecule has 9 heteroatoms. The van der Waals surface area contributed by atoms with Gasteiger partial charge in [0.15, 0.2) is 0 Å². The highest BCUT2D eigenvalue weighted by atomic mass is 79.9. The Morgan fingerprint density at radius 3 is 2.43 bits per heavy atom. The minimum Gasteiger partial charge on any atom is -0.444 e. The topological polar surface area (TPSA) is 79.0 Å². The maximum absolute atomic E-state index is 12.9. The van der Waals surface area contributed by atoms with Gasteiger partial charge in [0.1, 0.15) is 5.60 Å². The van der Waals surface area contributed by atoms with Crippen molar-refractivity contribution in [1.82, 2.24) is 14.7 Å². The average Bonchev–Trinajstić information content (AvgIpc) is 2.59. The van der Waals surface area contributed by atoms with Crippen molar-refractivity contribution in [3.8, 4) is 0 Å². The van der Waals surface area contributed by atoms with Crippen molar-refractivity contribution in [2.24, 2.45) is 0 Å². The molecule has 0 saturated carbocycles. The predicted molar refractivity (Wildman–Crippen MR) is 111 cm³/mol. The molecule has 152 valence electrons. The van der Waals surface area contributed by atoms with Crippen LogP contribution >= 0.6 is 15.9 Å². The van der Waals surface area contributed by atoms with Crippen molar-refractivity contribution < 1.29 is 17.9 Å². The Labute approximate surface area is 173 Å². The third-order valence-electron chi connectivity index (χ3n) is 4.27. The van der Waals surface area contributed by atoms with Crippen molar-refractivity contribution in [1.29, 1.82) is 0 Å². The van der Waals surface area contributed by atoms with Gasteiger partial charge >= 0.3 is 6.09 Å². The van der Waals surface area contributed by atoms with E-state index >= 15 is 0 Å². The van der Waals surface area contributed by atoms with Crippen LogP contribution in [0.5, 0.6) is 0 Å². The van der Waals surface area contributed by atoms with Crippen molar-refractivity contribution in [3.63, 3.8) is 0 Å². The lowest BCUT2D eigenvalue weighted by Crippen LogP contribution is -2.55. The van der Waals surface area contributed by atoms with Crippen molar-refractivity contribution in [3.05, 3.63) is 40.9 Å². The Kier molecular flexibility index (Phi) is 6.00. The number of rotatable bonds is 3. The van der Waals surface area contributed by atoms with E-state index in [0.29, 0.717) is 31.6 Å². The van der Waals surface area contributed by atoms with E-state index in [1.54, 1.807) is 28.1 Å². The molecule has 3 rings (SSSR count). The van der Waals surface area contributed by atoms with Gasteiger partial charge in [-0.2, -0.15) is 0 Å². The third kappa shape index (κ3) is 5.02. The number of piperazine rings is 1. The van der Waals surface area contributed by atoms with Crippen LogP contribution in [-0.2, 0) is 14.8 Å². The molecule has 0 spiro atoms. The number of nitrogens with one attached hydrogen (secondary N) is 1. The summed E-state index contributed by atoms with van der Waals surface area (Å²) in [5, 5.41) is 3.12. The lowest BCUT2D eigenvalue weighted by Gasteiger charge is -2.35. The van der Waals surface area contributed by atoms with Crippen molar-refractivity contribution in [2.75, 3.05) is 26.2 Å². The van der Waals surface area contributed by atoms with Gasteiger partial charge in [0.05, 0.1) is 4.90 Å². The molecule has 1 amide bonds. The summed E-state index contributed by atoms with van der Waals surface area (Å²) >= 11 is 3.41. The van der Waals surface area contributed by atoms with Crippen LogP contribution in [0.25, 0.3) is 10.8 Å². The Balaban J connectivity index is 1.69. The number of hydrogen-bond donors (Lipinski definition) is 1. The van der Waals surface area contributed by atoms with Crippen LogP contribution in [-0.4, -0.2) is 56.2 Å². The Bertz CT molecular complexity index is 980. The SMILES string of the molecule is CC(C)(C)OC(=O)N1CCN(NS(=O)(=O)c2cccc3cc(Br)ccc23)CC1. The molecule has 0 aliphatic carbocycles. The number of amides is 1. The Hall–Kier alpha value is -1.68. The fraction of sp³-hybridized carbons (Fsp3) is 0.421. The summed E-state index contributed by atoms with van der Waals surface area (Å²) in [7, 11) is -3.74. The lowest BCUT2D eigenvalue weighted by molar-refractivity contribution is 0.0127. The number of ether oxygens (including phenoxy) is 1. The second-order valence-electron chi connectivity index (χ2n) is 7.67. The molecule has 0 bridgehead atoms. The molecule has 1 aliphatic rings. The minimum absolute atomic E-state index is 0.229. The van der Waals surface area contributed by atoms with Crippen LogP contribution in [0.2, 0.25) is 0 Å². The highest BCUT2D eigenvalue weighted by Gasteiger charge is 2.28. The first-order valence-corrected chi connectivity index (χ1v) is 11.3. The number of carbonyl (C=O) groups excluding carboxylic acids is 1. The number of sulfonamides is 1. The molecule has 0 unspecified atom stereocenters. The molecule has 1 heterocycles. The standard InChI is InChI=1S/C19H24BrN3O4S/c1-19(2,3)27-18(24)22-9-11-23(12-10-22)21-28(25,26)17-6-4-5-14-13-15(20)7-8-16(14)17/h4-8,13,21H,9-12H2,1-3H3. The van der Waals surface area contributed by atoms with E-state index in [1.165, 1.54) is 0 Å². The van der Waals surface area contributed by atoms with Gasteiger partial charge in [-0.05, 0) is 44.4 Å². The Morgan fingerprint density at radius 2 is 1.79 bits per heavy atom. The molecule has 0 atom stereocenters. The van der Waals surface area contributed by atoms with E-state index in [0.717, 1.165) is 9.86 Å². The summed E-state index contributed by atoms with van der Waals surface area (Å²) in [6.07, 6.45) is -0.380. The minimum atomic E-state index is -3.74. The van der Waals surface area contributed by atoms with Gasteiger partial charge in [-0.15, -0.1) is 4.83 Å². The molecule has 28 heavy (non-hydrogen) atoms. The first-order chi connectivity index (χ1) is 13.0. The summed E-state index contributed by atoms with van der Waals surface area (Å²) in [4.78, 5) is 16.6. The monoisotopic (exact) mass is 469 g/mol. The van der Waals surface area contributed by atoms with Crippen LogP contribution in [0.4, 0.5) is 4.79 Å². The highest BCUT2D eigenvalue weighted by Crippen LogP contribution is 2.26. The molecule has 0 radical (unpaired) electrons. The number of halogens is 1. The van der Waals surface area contributed by atoms with Crippen LogP contribution in [0.3, 0.4) is 0 Å². The van der Waals surface area contributed by atoms with Gasteiger partial charge in [0, 0.05) is 36.0 Å². The zero-order valence-electron chi connectivity index (χ0n) is 16.1. The summed E-state index contributed by atoms with van der Waals surface area (Å²) in [5.74, 6) is 0. The van der Waals surface area contributed by atoms with E-state index < -0.39 is 15.6 Å². The number of hydrogen-bond acceptors (Lipinski definition) is 5. The smallest absolute Gasteiger partial charge is 0.410 e. The normalized spacial score (nSPS) is 16.4. The zero-order chi connectivity index (χ0) is 20.5. The van der Waals surface area contributed by atoms with Crippen molar-refractivity contribution >= 4 is 42.8 Å². The molecule has 1 aliphatic heterocycles. The fourth-order valence-corrected chi connectivity index (χ4v) is 4.72. The molecular formula is C19H24BrN3O4S. The highest BCUT2D eigenvalue weighted by molar-refractivity contribution is 9.10. The van der Waals surface area contributed by atoms with Crippen LogP contribution in [0.15, 0.2) is 45.8 Å². The molecule has 2 aromatic rings. The van der Waals surface area contributed by atoms with E-state index in [4.69, 9.17) is 4.74 Å². The van der Waals surface area contributed by atoms with Crippen LogP contribution < -0.4 is 4.83 Å². The Morgan fingerprint density at radius 1 is 1.11 bits per heavy atom. The maximum atomic E-state index is 12.9. The molecule has 2 aromatic carbocycles. The van der Waals surface area contributed by atoms with Gasteiger partial charge in [0.25, 0.3) is 10.0 Å². The molecule has 1 N–H and O–H groups in total. The summed E-state index contributed by atoms with van der Waals surface area (Å²) in [5.41, 5.74) is -0.556. The van der Waals surface area contributed by atoms with Gasteiger partial charge < -0.3 is 9.64 Å². The van der Waals surface area contributed by atoms with Gasteiger partial charge in [-0.1, -0.05) is 34.1 Å². The molecule has 1 fully saturated rings. The van der Waals surface area contributed by atoms with E-state index in [-0.39, 0.29) is 11.0 Å². The average molecular weight is 470 g/mol. The molecular weight excluding hydrogens is 446 g/mol. The molecule has 7 nitrogen and oxygen atoms in total. The van der Waals surface area contributed by atoms with E-state index in [9.17, 15) is 13.2 Å². The second-order valence-corrected chi connectivity index (χ2v) is 10.2. The summed E-state index contributed by atoms with van der Waals surface area (Å²) in [6.45, 7) is 7.00. The van der Waals surface area contributed by atoms with Crippen LogP contribution in [0.1, 0.15) is 20.8 Å². The van der Waals surface area contributed by atoms with Gasteiger partial charge in [-0.25, -0.2) is 18.2 Å². The second kappa shape index (κ2) is 7.98. The largest absolute Gasteiger partial charge is 0.444 e.